The van der Waals surface area contributed by atoms with Gasteiger partial charge in [-0.25, -0.2) is 9.97 Å². The molecular weight excluding hydrogens is 188 g/mol. The summed E-state index contributed by atoms with van der Waals surface area (Å²) in [6.45, 7) is 8.39. The molecule has 0 aliphatic rings. The summed E-state index contributed by atoms with van der Waals surface area (Å²) in [5.41, 5.74) is 5.66. The summed E-state index contributed by atoms with van der Waals surface area (Å²) in [4.78, 5) is 8.34. The second-order valence-electron chi connectivity index (χ2n) is 4.13. The van der Waals surface area contributed by atoms with E-state index in [9.17, 15) is 0 Å². The molecule has 0 radical (unpaired) electrons. The van der Waals surface area contributed by atoms with Gasteiger partial charge in [-0.05, 0) is 19.3 Å². The fourth-order valence-corrected chi connectivity index (χ4v) is 1.59. The predicted octanol–water partition coefficient (Wildman–Crippen LogP) is 2.21. The van der Waals surface area contributed by atoms with E-state index in [1.165, 1.54) is 0 Å². The van der Waals surface area contributed by atoms with E-state index < -0.39 is 0 Å². The fourth-order valence-electron chi connectivity index (χ4n) is 1.59. The van der Waals surface area contributed by atoms with Crippen molar-refractivity contribution in [2.45, 2.75) is 40.2 Å². The minimum absolute atomic E-state index is 0.429. The first-order valence-corrected chi connectivity index (χ1v) is 5.40. The van der Waals surface area contributed by atoms with Gasteiger partial charge in [-0.2, -0.15) is 0 Å². The predicted molar refractivity (Wildman–Crippen MR) is 63.7 cm³/mol. The third-order valence-electron chi connectivity index (χ3n) is 2.44. The molecule has 1 heterocycles. The van der Waals surface area contributed by atoms with Crippen LogP contribution in [0.1, 0.15) is 33.0 Å². The molecule has 15 heavy (non-hydrogen) atoms. The molecule has 0 aromatic carbocycles. The number of aromatic nitrogens is 2. The van der Waals surface area contributed by atoms with Crippen molar-refractivity contribution in [3.8, 4) is 0 Å². The molecule has 84 valence electrons. The van der Waals surface area contributed by atoms with Crippen LogP contribution in [0.4, 0.5) is 11.6 Å². The lowest BCUT2D eigenvalue weighted by Gasteiger charge is -2.21. The van der Waals surface area contributed by atoms with E-state index in [2.05, 4.69) is 36.1 Å². The number of rotatable bonds is 4. The number of nitrogens with zero attached hydrogens (tertiary/aromatic N) is 2. The van der Waals surface area contributed by atoms with Gasteiger partial charge in [0, 0.05) is 12.1 Å². The molecule has 4 nitrogen and oxygen atoms in total. The minimum Gasteiger partial charge on any atom is -0.384 e. The fraction of sp³-hybridized carbons (Fsp3) is 0.636. The Morgan fingerprint density at radius 3 is 2.53 bits per heavy atom. The summed E-state index contributed by atoms with van der Waals surface area (Å²) in [7, 11) is 0. The quantitative estimate of drug-likeness (QED) is 0.796. The lowest BCUT2D eigenvalue weighted by atomic mass is 10.0. The summed E-state index contributed by atoms with van der Waals surface area (Å²) in [5.74, 6) is 2.62. The number of nitrogens with one attached hydrogen (secondary N) is 1. The maximum Gasteiger partial charge on any atom is 0.132 e. The van der Waals surface area contributed by atoms with Crippen LogP contribution in [0.5, 0.6) is 0 Å². The van der Waals surface area contributed by atoms with Crippen molar-refractivity contribution in [3.63, 3.8) is 0 Å². The molecule has 0 saturated carbocycles. The summed E-state index contributed by atoms with van der Waals surface area (Å²) in [6.07, 6.45) is 1.07. The van der Waals surface area contributed by atoms with Crippen molar-refractivity contribution >= 4 is 11.6 Å². The average molecular weight is 208 g/mol. The van der Waals surface area contributed by atoms with Crippen LogP contribution in [0.3, 0.4) is 0 Å². The number of nitrogen functional groups attached to an aromatic ring is 1. The molecule has 1 atom stereocenters. The number of hydrogen-bond acceptors (Lipinski definition) is 4. The van der Waals surface area contributed by atoms with E-state index in [0.717, 1.165) is 12.2 Å². The molecular formula is C11H20N4. The highest BCUT2D eigenvalue weighted by Crippen LogP contribution is 2.14. The summed E-state index contributed by atoms with van der Waals surface area (Å²) in [5, 5.41) is 3.38. The molecule has 0 saturated heterocycles. The first-order valence-electron chi connectivity index (χ1n) is 5.40. The Labute approximate surface area is 91.3 Å². The van der Waals surface area contributed by atoms with E-state index in [1.807, 2.05) is 6.92 Å². The summed E-state index contributed by atoms with van der Waals surface area (Å²) >= 11 is 0. The van der Waals surface area contributed by atoms with Gasteiger partial charge in [0.2, 0.25) is 0 Å². The van der Waals surface area contributed by atoms with Gasteiger partial charge >= 0.3 is 0 Å². The lowest BCUT2D eigenvalue weighted by molar-refractivity contribution is 0.509. The van der Waals surface area contributed by atoms with Crippen LogP contribution in [0, 0.1) is 12.8 Å². The Morgan fingerprint density at radius 1 is 1.40 bits per heavy atom. The van der Waals surface area contributed by atoms with Crippen LogP contribution in [-0.2, 0) is 0 Å². The zero-order valence-corrected chi connectivity index (χ0v) is 9.91. The van der Waals surface area contributed by atoms with Crippen LogP contribution < -0.4 is 11.1 Å². The van der Waals surface area contributed by atoms with Gasteiger partial charge in [0.15, 0.2) is 0 Å². The van der Waals surface area contributed by atoms with Crippen molar-refractivity contribution in [2.75, 3.05) is 11.1 Å². The molecule has 1 aromatic rings. The Balaban J connectivity index is 2.79. The standard InChI is InChI=1S/C11H20N4/c1-5-9(7(2)3)15-11-6-10(12)13-8(4)14-11/h6-7,9H,5H2,1-4H3,(H3,12,13,14,15). The van der Waals surface area contributed by atoms with Gasteiger partial charge in [0.05, 0.1) is 0 Å². The monoisotopic (exact) mass is 208 g/mol. The lowest BCUT2D eigenvalue weighted by Crippen LogP contribution is -2.25. The van der Waals surface area contributed by atoms with Gasteiger partial charge in [0.25, 0.3) is 0 Å². The average Bonchev–Trinajstić information content (AvgIpc) is 2.12. The maximum absolute atomic E-state index is 5.66. The molecule has 0 bridgehead atoms. The Hall–Kier alpha value is -1.32. The van der Waals surface area contributed by atoms with Gasteiger partial charge in [-0.3, -0.25) is 0 Å². The number of aryl methyl sites for hydroxylation is 1. The molecule has 1 unspecified atom stereocenters. The number of anilines is 2. The van der Waals surface area contributed by atoms with E-state index >= 15 is 0 Å². The third-order valence-corrected chi connectivity index (χ3v) is 2.44. The molecule has 0 fully saturated rings. The van der Waals surface area contributed by atoms with Gasteiger partial charge in [0.1, 0.15) is 17.5 Å². The minimum atomic E-state index is 0.429. The van der Waals surface area contributed by atoms with E-state index in [4.69, 9.17) is 5.73 Å². The van der Waals surface area contributed by atoms with E-state index in [1.54, 1.807) is 6.07 Å². The van der Waals surface area contributed by atoms with Crippen molar-refractivity contribution in [1.29, 1.82) is 0 Å². The molecule has 0 aliphatic heterocycles. The highest BCUT2D eigenvalue weighted by Gasteiger charge is 2.11. The van der Waals surface area contributed by atoms with Crippen LogP contribution >= 0.6 is 0 Å². The molecule has 3 N–H and O–H groups in total. The topological polar surface area (TPSA) is 63.8 Å². The highest BCUT2D eigenvalue weighted by atomic mass is 15.1. The summed E-state index contributed by atoms with van der Waals surface area (Å²) in [6, 6.07) is 2.21. The zero-order chi connectivity index (χ0) is 11.4. The SMILES string of the molecule is CCC(Nc1cc(N)nc(C)n1)C(C)C. The van der Waals surface area contributed by atoms with Gasteiger partial charge in [-0.15, -0.1) is 0 Å². The zero-order valence-electron chi connectivity index (χ0n) is 9.91. The van der Waals surface area contributed by atoms with Crippen LogP contribution in [-0.4, -0.2) is 16.0 Å². The van der Waals surface area contributed by atoms with Crippen molar-refractivity contribution < 1.29 is 0 Å². The largest absolute Gasteiger partial charge is 0.384 e. The van der Waals surface area contributed by atoms with Gasteiger partial charge < -0.3 is 11.1 Å². The normalized spacial score (nSPS) is 12.9. The Bertz CT molecular complexity index is 302. The second-order valence-corrected chi connectivity index (χ2v) is 4.13. The summed E-state index contributed by atoms with van der Waals surface area (Å²) < 4.78 is 0. The van der Waals surface area contributed by atoms with Crippen molar-refractivity contribution in [3.05, 3.63) is 11.9 Å². The number of nitrogens with two attached hydrogens (primary N) is 1. The molecule has 1 rings (SSSR count). The first kappa shape index (κ1) is 11.8. The van der Waals surface area contributed by atoms with Crippen LogP contribution in [0.15, 0.2) is 6.07 Å². The van der Waals surface area contributed by atoms with E-state index in [-0.39, 0.29) is 0 Å². The van der Waals surface area contributed by atoms with Crippen LogP contribution in [0.2, 0.25) is 0 Å². The molecule has 1 aromatic heterocycles. The van der Waals surface area contributed by atoms with Crippen molar-refractivity contribution in [2.24, 2.45) is 5.92 Å². The maximum atomic E-state index is 5.66. The van der Waals surface area contributed by atoms with Crippen molar-refractivity contribution in [1.82, 2.24) is 9.97 Å². The van der Waals surface area contributed by atoms with E-state index in [0.29, 0.717) is 23.6 Å². The second kappa shape index (κ2) is 4.96. The first-order chi connectivity index (χ1) is 7.02. The third kappa shape index (κ3) is 3.38. The van der Waals surface area contributed by atoms with Gasteiger partial charge in [-0.1, -0.05) is 20.8 Å². The van der Waals surface area contributed by atoms with Crippen LogP contribution in [0.25, 0.3) is 0 Å². The number of hydrogen-bond donors (Lipinski definition) is 2. The Kier molecular flexibility index (Phi) is 3.88. The highest BCUT2D eigenvalue weighted by molar-refractivity contribution is 5.45. The molecule has 0 spiro atoms. The smallest absolute Gasteiger partial charge is 0.132 e. The molecule has 0 amide bonds. The Morgan fingerprint density at radius 2 is 2.07 bits per heavy atom. The molecule has 4 heteroatoms. The molecule has 0 aliphatic carbocycles.